The first-order chi connectivity index (χ1) is 8.34. The molecule has 0 radical (unpaired) electrons. The SMILES string of the molecule is O=c1c2c(ncn1CC1CCCO1)CNCC2. The molecule has 2 aliphatic rings. The third-order valence-electron chi connectivity index (χ3n) is 3.49. The zero-order valence-electron chi connectivity index (χ0n) is 9.82. The molecule has 5 heteroatoms. The average molecular weight is 235 g/mol. The minimum Gasteiger partial charge on any atom is -0.376 e. The number of hydrogen-bond acceptors (Lipinski definition) is 4. The summed E-state index contributed by atoms with van der Waals surface area (Å²) in [6, 6.07) is 0. The van der Waals surface area contributed by atoms with Crippen molar-refractivity contribution in [3.63, 3.8) is 0 Å². The fraction of sp³-hybridized carbons (Fsp3) is 0.667. The van der Waals surface area contributed by atoms with E-state index in [1.165, 1.54) is 0 Å². The van der Waals surface area contributed by atoms with Gasteiger partial charge in [-0.1, -0.05) is 0 Å². The third kappa shape index (κ3) is 2.12. The van der Waals surface area contributed by atoms with Crippen LogP contribution in [0.3, 0.4) is 0 Å². The predicted molar refractivity (Wildman–Crippen MR) is 62.9 cm³/mol. The molecule has 92 valence electrons. The van der Waals surface area contributed by atoms with Crippen molar-refractivity contribution < 1.29 is 4.74 Å². The van der Waals surface area contributed by atoms with Gasteiger partial charge in [-0.25, -0.2) is 4.98 Å². The third-order valence-corrected chi connectivity index (χ3v) is 3.49. The van der Waals surface area contributed by atoms with Gasteiger partial charge in [0, 0.05) is 18.7 Å². The van der Waals surface area contributed by atoms with Crippen molar-refractivity contribution in [2.75, 3.05) is 13.2 Å². The fourth-order valence-corrected chi connectivity index (χ4v) is 2.53. The Morgan fingerprint density at radius 3 is 3.35 bits per heavy atom. The van der Waals surface area contributed by atoms with Gasteiger partial charge in [0.1, 0.15) is 0 Å². The molecule has 5 nitrogen and oxygen atoms in total. The minimum absolute atomic E-state index is 0.118. The van der Waals surface area contributed by atoms with Crippen molar-refractivity contribution >= 4 is 0 Å². The summed E-state index contributed by atoms with van der Waals surface area (Å²) in [4.78, 5) is 16.6. The quantitative estimate of drug-likeness (QED) is 0.788. The number of rotatable bonds is 2. The van der Waals surface area contributed by atoms with Crippen LogP contribution in [-0.4, -0.2) is 28.8 Å². The van der Waals surface area contributed by atoms with Crippen LogP contribution in [0.2, 0.25) is 0 Å². The van der Waals surface area contributed by atoms with Crippen LogP contribution in [0.5, 0.6) is 0 Å². The molecule has 17 heavy (non-hydrogen) atoms. The van der Waals surface area contributed by atoms with E-state index in [-0.39, 0.29) is 11.7 Å². The Kier molecular flexibility index (Phi) is 2.94. The molecule has 3 rings (SSSR count). The van der Waals surface area contributed by atoms with Crippen LogP contribution in [0.4, 0.5) is 0 Å². The van der Waals surface area contributed by atoms with Crippen molar-refractivity contribution in [2.24, 2.45) is 0 Å². The topological polar surface area (TPSA) is 56.2 Å². The van der Waals surface area contributed by atoms with Gasteiger partial charge in [-0.3, -0.25) is 9.36 Å². The smallest absolute Gasteiger partial charge is 0.256 e. The molecule has 0 aliphatic carbocycles. The summed E-state index contributed by atoms with van der Waals surface area (Å²) >= 11 is 0. The Hall–Kier alpha value is -1.20. The van der Waals surface area contributed by atoms with Gasteiger partial charge in [0.15, 0.2) is 0 Å². The molecule has 0 amide bonds. The van der Waals surface area contributed by atoms with E-state index >= 15 is 0 Å². The Labute approximate surface area is 99.8 Å². The molecular formula is C12H17N3O2. The Morgan fingerprint density at radius 2 is 2.53 bits per heavy atom. The largest absolute Gasteiger partial charge is 0.376 e. The van der Waals surface area contributed by atoms with E-state index in [2.05, 4.69) is 10.3 Å². The molecule has 2 aliphatic heterocycles. The van der Waals surface area contributed by atoms with E-state index < -0.39 is 0 Å². The minimum atomic E-state index is 0.118. The highest BCUT2D eigenvalue weighted by molar-refractivity contribution is 5.19. The van der Waals surface area contributed by atoms with Gasteiger partial charge in [0.05, 0.1) is 24.7 Å². The molecule has 0 bridgehead atoms. The molecule has 1 saturated heterocycles. The number of ether oxygens (including phenoxy) is 1. The number of nitrogens with zero attached hydrogens (tertiary/aromatic N) is 2. The molecule has 1 aromatic rings. The summed E-state index contributed by atoms with van der Waals surface area (Å²) < 4.78 is 7.26. The Morgan fingerprint density at radius 1 is 1.59 bits per heavy atom. The van der Waals surface area contributed by atoms with Gasteiger partial charge < -0.3 is 10.1 Å². The Bertz CT molecular complexity index is 463. The van der Waals surface area contributed by atoms with Gasteiger partial charge in [0.2, 0.25) is 0 Å². The lowest BCUT2D eigenvalue weighted by atomic mass is 10.1. The second kappa shape index (κ2) is 4.58. The maximum Gasteiger partial charge on any atom is 0.256 e. The van der Waals surface area contributed by atoms with Gasteiger partial charge in [-0.15, -0.1) is 0 Å². The van der Waals surface area contributed by atoms with Crippen LogP contribution < -0.4 is 10.9 Å². The first kappa shape index (κ1) is 10.9. The van der Waals surface area contributed by atoms with Crippen molar-refractivity contribution in [3.8, 4) is 0 Å². The van der Waals surface area contributed by atoms with Crippen LogP contribution in [0, 0.1) is 0 Å². The number of nitrogens with one attached hydrogen (secondary N) is 1. The standard InChI is InChI=1S/C12H17N3O2/c16-12-10-3-4-13-6-11(10)14-8-15(12)7-9-2-1-5-17-9/h8-9,13H,1-7H2. The summed E-state index contributed by atoms with van der Waals surface area (Å²) in [5.41, 5.74) is 1.90. The highest BCUT2D eigenvalue weighted by Crippen LogP contribution is 2.13. The first-order valence-electron chi connectivity index (χ1n) is 6.24. The van der Waals surface area contributed by atoms with Crippen LogP contribution in [0.15, 0.2) is 11.1 Å². The molecule has 0 saturated carbocycles. The number of hydrogen-bond donors (Lipinski definition) is 1. The monoisotopic (exact) mass is 235 g/mol. The van der Waals surface area contributed by atoms with Crippen molar-refractivity contribution in [1.82, 2.24) is 14.9 Å². The van der Waals surface area contributed by atoms with E-state index in [1.54, 1.807) is 10.9 Å². The number of fused-ring (bicyclic) bond motifs is 1. The molecule has 1 unspecified atom stereocenters. The zero-order valence-corrected chi connectivity index (χ0v) is 9.82. The summed E-state index contributed by atoms with van der Waals surface area (Å²) in [5, 5.41) is 3.23. The molecule has 1 atom stereocenters. The highest BCUT2D eigenvalue weighted by Gasteiger charge is 2.19. The van der Waals surface area contributed by atoms with Crippen molar-refractivity contribution in [2.45, 2.75) is 38.5 Å². The molecule has 3 heterocycles. The summed E-state index contributed by atoms with van der Waals surface area (Å²) in [7, 11) is 0. The summed E-state index contributed by atoms with van der Waals surface area (Å²) in [6.07, 6.45) is 4.78. The van der Waals surface area contributed by atoms with Crippen LogP contribution >= 0.6 is 0 Å². The van der Waals surface area contributed by atoms with Gasteiger partial charge in [-0.05, 0) is 25.8 Å². The van der Waals surface area contributed by atoms with E-state index in [0.29, 0.717) is 13.1 Å². The summed E-state index contributed by atoms with van der Waals surface area (Å²) in [6.45, 7) is 3.05. The number of aromatic nitrogens is 2. The lowest BCUT2D eigenvalue weighted by molar-refractivity contribution is 0.0957. The first-order valence-corrected chi connectivity index (χ1v) is 6.24. The second-order valence-electron chi connectivity index (χ2n) is 4.69. The van der Waals surface area contributed by atoms with Gasteiger partial charge >= 0.3 is 0 Å². The molecule has 1 N–H and O–H groups in total. The van der Waals surface area contributed by atoms with E-state index in [0.717, 1.165) is 43.7 Å². The van der Waals surface area contributed by atoms with E-state index in [9.17, 15) is 4.79 Å². The van der Waals surface area contributed by atoms with Gasteiger partial charge in [0.25, 0.3) is 5.56 Å². The Balaban J connectivity index is 1.87. The van der Waals surface area contributed by atoms with Crippen LogP contribution in [-0.2, 0) is 24.2 Å². The summed E-state index contributed by atoms with van der Waals surface area (Å²) in [5.74, 6) is 0. The van der Waals surface area contributed by atoms with Crippen LogP contribution in [0.25, 0.3) is 0 Å². The van der Waals surface area contributed by atoms with Gasteiger partial charge in [-0.2, -0.15) is 0 Å². The maximum absolute atomic E-state index is 12.2. The molecule has 0 aromatic carbocycles. The predicted octanol–water partition coefficient (Wildman–Crippen LogP) is 0.0680. The molecule has 1 aromatic heterocycles. The highest BCUT2D eigenvalue weighted by atomic mass is 16.5. The zero-order chi connectivity index (χ0) is 11.7. The van der Waals surface area contributed by atoms with Crippen molar-refractivity contribution in [1.29, 1.82) is 0 Å². The molecular weight excluding hydrogens is 218 g/mol. The lowest BCUT2D eigenvalue weighted by Gasteiger charge is -2.18. The fourth-order valence-electron chi connectivity index (χ4n) is 2.53. The normalized spacial score (nSPS) is 23.6. The maximum atomic E-state index is 12.2. The average Bonchev–Trinajstić information content (AvgIpc) is 2.86. The van der Waals surface area contributed by atoms with Crippen LogP contribution in [0.1, 0.15) is 24.1 Å². The lowest BCUT2D eigenvalue weighted by Crippen LogP contribution is -2.35. The second-order valence-corrected chi connectivity index (χ2v) is 4.69. The molecule has 1 fully saturated rings. The van der Waals surface area contributed by atoms with Crippen molar-refractivity contribution in [3.05, 3.63) is 27.9 Å². The van der Waals surface area contributed by atoms with E-state index in [1.807, 2.05) is 0 Å². The molecule has 0 spiro atoms. The van der Waals surface area contributed by atoms with E-state index in [4.69, 9.17) is 4.74 Å².